The van der Waals surface area contributed by atoms with Crippen molar-refractivity contribution < 1.29 is 32.3 Å². The number of halogens is 3. The topological polar surface area (TPSA) is 75.7 Å². The highest BCUT2D eigenvalue weighted by Crippen LogP contribution is 2.20. The number of anilines is 1. The van der Waals surface area contributed by atoms with Crippen molar-refractivity contribution in [3.05, 3.63) is 41.6 Å². The van der Waals surface area contributed by atoms with Crippen LogP contribution in [0.4, 0.5) is 18.9 Å². The third-order valence-corrected chi connectivity index (χ3v) is 4.72. The van der Waals surface area contributed by atoms with Crippen molar-refractivity contribution in [2.24, 2.45) is 5.92 Å². The summed E-state index contributed by atoms with van der Waals surface area (Å²) in [6.07, 6.45) is -2.59. The molecule has 6 nitrogen and oxygen atoms in total. The zero-order valence-electron chi connectivity index (χ0n) is 16.2. The summed E-state index contributed by atoms with van der Waals surface area (Å²) in [5.74, 6) is -3.33. The minimum atomic E-state index is -4.89. The number of nitrogens with zero attached hydrogens (tertiary/aromatic N) is 1. The minimum Gasteiger partial charge on any atom is -0.455 e. The van der Waals surface area contributed by atoms with Crippen LogP contribution in [0.3, 0.4) is 0 Å². The fourth-order valence-electron chi connectivity index (χ4n) is 2.82. The average Bonchev–Trinajstić information content (AvgIpc) is 2.66. The quantitative estimate of drug-likeness (QED) is 0.574. The standard InChI is InChI=1S/C20H23F3N2O4/c1-13-3-4-16(11-14(13)2)24-18(27)12-29-19(28)15-5-8-25(9-6-15)10-7-17(26)20(21,22)23/h3-4,7,10-11,15H,5-6,8-9,12H2,1-2H3,(H,24,27). The van der Waals surface area contributed by atoms with Gasteiger partial charge in [0.15, 0.2) is 6.61 Å². The number of benzene rings is 1. The van der Waals surface area contributed by atoms with Gasteiger partial charge in [-0.25, -0.2) is 0 Å². The van der Waals surface area contributed by atoms with E-state index >= 15 is 0 Å². The Bertz CT molecular complexity index is 797. The second-order valence-corrected chi connectivity index (χ2v) is 6.94. The van der Waals surface area contributed by atoms with E-state index in [2.05, 4.69) is 5.32 Å². The summed E-state index contributed by atoms with van der Waals surface area (Å²) in [4.78, 5) is 36.5. The van der Waals surface area contributed by atoms with Crippen molar-refractivity contribution in [3.8, 4) is 0 Å². The predicted octanol–water partition coefficient (Wildman–Crippen LogP) is 3.14. The predicted molar refractivity (Wildman–Crippen MR) is 100 cm³/mol. The number of allylic oxidation sites excluding steroid dienone is 1. The molecule has 0 atom stereocenters. The SMILES string of the molecule is Cc1ccc(NC(=O)COC(=O)C2CCN(C=CC(=O)C(F)(F)F)CC2)cc1C. The summed E-state index contributed by atoms with van der Waals surface area (Å²) in [5, 5.41) is 2.66. The van der Waals surface area contributed by atoms with Crippen LogP contribution in [0.1, 0.15) is 24.0 Å². The number of rotatable bonds is 6. The lowest BCUT2D eigenvalue weighted by atomic mass is 9.97. The van der Waals surface area contributed by atoms with Crippen LogP contribution in [0, 0.1) is 19.8 Å². The zero-order chi connectivity index (χ0) is 21.6. The first kappa shape index (κ1) is 22.4. The maximum atomic E-state index is 12.2. The molecule has 1 aromatic rings. The van der Waals surface area contributed by atoms with Crippen LogP contribution in [-0.2, 0) is 19.1 Å². The van der Waals surface area contributed by atoms with E-state index < -0.39 is 36.4 Å². The molecular formula is C20H23F3N2O4. The van der Waals surface area contributed by atoms with Crippen LogP contribution < -0.4 is 5.32 Å². The number of ketones is 1. The van der Waals surface area contributed by atoms with Crippen LogP contribution in [-0.4, -0.2) is 48.4 Å². The fraction of sp³-hybridized carbons (Fsp3) is 0.450. The van der Waals surface area contributed by atoms with Gasteiger partial charge < -0.3 is 15.0 Å². The largest absolute Gasteiger partial charge is 0.455 e. The Morgan fingerprint density at radius 3 is 2.41 bits per heavy atom. The summed E-state index contributed by atoms with van der Waals surface area (Å²) in [5.41, 5.74) is 2.73. The molecular weight excluding hydrogens is 389 g/mol. The molecule has 0 bridgehead atoms. The highest BCUT2D eigenvalue weighted by Gasteiger charge is 2.36. The van der Waals surface area contributed by atoms with E-state index in [0.717, 1.165) is 17.3 Å². The van der Waals surface area contributed by atoms with Crippen LogP contribution in [0.25, 0.3) is 0 Å². The molecule has 2 rings (SSSR count). The number of hydrogen-bond acceptors (Lipinski definition) is 5. The number of aryl methyl sites for hydroxylation is 2. The molecule has 1 aliphatic heterocycles. The third-order valence-electron chi connectivity index (χ3n) is 4.72. The summed E-state index contributed by atoms with van der Waals surface area (Å²) >= 11 is 0. The van der Waals surface area contributed by atoms with E-state index in [1.165, 1.54) is 0 Å². The van der Waals surface area contributed by atoms with Gasteiger partial charge in [0.2, 0.25) is 0 Å². The summed E-state index contributed by atoms with van der Waals surface area (Å²) in [6, 6.07) is 5.46. The van der Waals surface area contributed by atoms with Crippen molar-refractivity contribution in [1.82, 2.24) is 4.90 Å². The normalized spacial score (nSPS) is 15.4. The molecule has 29 heavy (non-hydrogen) atoms. The molecule has 1 saturated heterocycles. The first-order valence-corrected chi connectivity index (χ1v) is 9.13. The molecule has 0 saturated carbocycles. The van der Waals surface area contributed by atoms with Gasteiger partial charge >= 0.3 is 12.1 Å². The molecule has 9 heteroatoms. The van der Waals surface area contributed by atoms with E-state index in [9.17, 15) is 27.6 Å². The molecule has 1 aromatic carbocycles. The number of piperidine rings is 1. The molecule has 158 valence electrons. The molecule has 0 aromatic heterocycles. The van der Waals surface area contributed by atoms with Gasteiger partial charge in [0.1, 0.15) is 0 Å². The minimum absolute atomic E-state index is 0.316. The van der Waals surface area contributed by atoms with Gasteiger partial charge in [-0.3, -0.25) is 14.4 Å². The van der Waals surface area contributed by atoms with E-state index in [1.807, 2.05) is 26.0 Å². The first-order chi connectivity index (χ1) is 13.6. The smallest absolute Gasteiger partial charge is 0.454 e. The highest BCUT2D eigenvalue weighted by molar-refractivity contribution is 5.94. The Morgan fingerprint density at radius 2 is 1.83 bits per heavy atom. The van der Waals surface area contributed by atoms with E-state index in [-0.39, 0.29) is 0 Å². The maximum Gasteiger partial charge on any atom is 0.454 e. The fourth-order valence-corrected chi connectivity index (χ4v) is 2.82. The number of esters is 1. The van der Waals surface area contributed by atoms with Gasteiger partial charge in [0.25, 0.3) is 11.7 Å². The van der Waals surface area contributed by atoms with Gasteiger partial charge in [-0.05, 0) is 49.9 Å². The molecule has 1 N–H and O–H groups in total. The van der Waals surface area contributed by atoms with Crippen LogP contribution >= 0.6 is 0 Å². The van der Waals surface area contributed by atoms with E-state index in [4.69, 9.17) is 4.74 Å². The summed E-state index contributed by atoms with van der Waals surface area (Å²) in [6.45, 7) is 4.10. The Hall–Kier alpha value is -2.84. The second-order valence-electron chi connectivity index (χ2n) is 6.94. The van der Waals surface area contributed by atoms with Crippen molar-refractivity contribution in [2.75, 3.05) is 25.0 Å². The number of ether oxygens (including phenoxy) is 1. The van der Waals surface area contributed by atoms with Crippen LogP contribution in [0.2, 0.25) is 0 Å². The number of likely N-dealkylation sites (tertiary alicyclic amines) is 1. The van der Waals surface area contributed by atoms with Gasteiger partial charge in [-0.15, -0.1) is 0 Å². The molecule has 1 heterocycles. The molecule has 0 radical (unpaired) electrons. The number of nitrogens with one attached hydrogen (secondary N) is 1. The Morgan fingerprint density at radius 1 is 1.17 bits per heavy atom. The number of amides is 1. The van der Waals surface area contributed by atoms with Crippen LogP contribution in [0.15, 0.2) is 30.5 Å². The monoisotopic (exact) mass is 412 g/mol. The summed E-state index contributed by atoms with van der Waals surface area (Å²) < 4.78 is 41.6. The highest BCUT2D eigenvalue weighted by atomic mass is 19.4. The zero-order valence-corrected chi connectivity index (χ0v) is 16.2. The van der Waals surface area contributed by atoms with Gasteiger partial charge in [-0.1, -0.05) is 6.07 Å². The third kappa shape index (κ3) is 6.92. The first-order valence-electron chi connectivity index (χ1n) is 9.13. The van der Waals surface area contributed by atoms with Crippen LogP contribution in [0.5, 0.6) is 0 Å². The van der Waals surface area contributed by atoms with Crippen molar-refractivity contribution in [3.63, 3.8) is 0 Å². The number of alkyl halides is 3. The second kappa shape index (κ2) is 9.58. The van der Waals surface area contributed by atoms with Crippen molar-refractivity contribution in [1.29, 1.82) is 0 Å². The van der Waals surface area contributed by atoms with Crippen molar-refractivity contribution >= 4 is 23.3 Å². The average molecular weight is 412 g/mol. The Kier molecular flexibility index (Phi) is 7.41. The van der Waals surface area contributed by atoms with E-state index in [1.54, 1.807) is 11.0 Å². The Labute approximate surface area is 166 Å². The molecule has 1 fully saturated rings. The Balaban J connectivity index is 1.74. The van der Waals surface area contributed by atoms with Gasteiger partial charge in [0.05, 0.1) is 5.92 Å². The molecule has 0 aliphatic carbocycles. The van der Waals surface area contributed by atoms with Gasteiger partial charge in [0, 0.05) is 31.1 Å². The van der Waals surface area contributed by atoms with E-state index in [0.29, 0.717) is 37.7 Å². The maximum absolute atomic E-state index is 12.2. The number of carbonyl (C=O) groups is 3. The lowest BCUT2D eigenvalue weighted by molar-refractivity contribution is -0.165. The molecule has 1 amide bonds. The summed E-state index contributed by atoms with van der Waals surface area (Å²) in [7, 11) is 0. The van der Waals surface area contributed by atoms with Gasteiger partial charge in [-0.2, -0.15) is 13.2 Å². The molecule has 1 aliphatic rings. The number of hydrogen-bond donors (Lipinski definition) is 1. The lowest BCUT2D eigenvalue weighted by Gasteiger charge is -2.29. The molecule has 0 spiro atoms. The lowest BCUT2D eigenvalue weighted by Crippen LogP contribution is -2.35. The molecule has 0 unspecified atom stereocenters. The number of carbonyl (C=O) groups excluding carboxylic acids is 3. The van der Waals surface area contributed by atoms with Crippen molar-refractivity contribution in [2.45, 2.75) is 32.9 Å².